The molecule has 2 atom stereocenters. The number of aliphatic imine (C=N–C) groups is 1. The molecule has 0 saturated heterocycles. The molecule has 36 heavy (non-hydrogen) atoms. The highest BCUT2D eigenvalue weighted by atomic mass is 19.1. The van der Waals surface area contributed by atoms with Crippen LogP contribution < -0.4 is 15.5 Å². The standard InChI is InChI=1S/C27H35FN4O4/c1-6-9-17(4)21-19-14-18(28)10-11-20(19)32(5)25(35)23(30-21)31-26(36)27(12-7-8-13-27)15-29-24(34)22(33)16(2)3/h6,9-11,14,16,22-23,33H,4,7-8,12-13,15H2,1-3,5H3,(H,29,34)(H,31,36)/b9-6-. The van der Waals surface area contributed by atoms with E-state index in [-0.39, 0.29) is 12.5 Å². The molecule has 8 nitrogen and oxygen atoms in total. The van der Waals surface area contributed by atoms with E-state index in [1.54, 1.807) is 40.0 Å². The van der Waals surface area contributed by atoms with E-state index in [1.165, 1.54) is 23.1 Å². The van der Waals surface area contributed by atoms with Gasteiger partial charge in [0.2, 0.25) is 18.0 Å². The third kappa shape index (κ3) is 5.56. The summed E-state index contributed by atoms with van der Waals surface area (Å²) in [4.78, 5) is 45.2. The summed E-state index contributed by atoms with van der Waals surface area (Å²) in [6.07, 6.45) is 3.68. The zero-order valence-electron chi connectivity index (χ0n) is 21.3. The number of nitrogens with zero attached hydrogens (tertiary/aromatic N) is 2. The largest absolute Gasteiger partial charge is 0.383 e. The van der Waals surface area contributed by atoms with Crippen molar-refractivity contribution in [3.8, 4) is 0 Å². The van der Waals surface area contributed by atoms with Gasteiger partial charge in [0.25, 0.3) is 5.91 Å². The quantitative estimate of drug-likeness (QED) is 0.479. The first-order valence-electron chi connectivity index (χ1n) is 12.2. The number of allylic oxidation sites excluding steroid dienone is 3. The number of nitrogens with one attached hydrogen (secondary N) is 2. The molecule has 3 rings (SSSR count). The van der Waals surface area contributed by atoms with Crippen LogP contribution in [0.25, 0.3) is 0 Å². The van der Waals surface area contributed by atoms with Crippen molar-refractivity contribution in [1.29, 1.82) is 0 Å². The number of carbonyl (C=O) groups is 3. The van der Waals surface area contributed by atoms with Crippen LogP contribution in [0.5, 0.6) is 0 Å². The van der Waals surface area contributed by atoms with E-state index in [4.69, 9.17) is 0 Å². The second-order valence-electron chi connectivity index (χ2n) is 9.83. The number of halogens is 1. The monoisotopic (exact) mass is 498 g/mol. The van der Waals surface area contributed by atoms with Gasteiger partial charge >= 0.3 is 0 Å². The number of hydrogen-bond donors (Lipinski definition) is 3. The van der Waals surface area contributed by atoms with Crippen molar-refractivity contribution in [2.45, 2.75) is 58.7 Å². The third-order valence-corrected chi connectivity index (χ3v) is 6.88. The Kier molecular flexibility index (Phi) is 8.45. The van der Waals surface area contributed by atoms with Crippen LogP contribution in [-0.4, -0.2) is 54.4 Å². The van der Waals surface area contributed by atoms with Gasteiger partial charge in [-0.15, -0.1) is 0 Å². The number of amides is 3. The number of anilines is 1. The zero-order chi connectivity index (χ0) is 26.6. The Morgan fingerprint density at radius 2 is 2.00 bits per heavy atom. The minimum absolute atomic E-state index is 0.0471. The van der Waals surface area contributed by atoms with Crippen molar-refractivity contribution in [2.75, 3.05) is 18.5 Å². The van der Waals surface area contributed by atoms with Crippen LogP contribution in [0.4, 0.5) is 10.1 Å². The van der Waals surface area contributed by atoms with E-state index in [1.807, 2.05) is 0 Å². The fourth-order valence-corrected chi connectivity index (χ4v) is 4.65. The van der Waals surface area contributed by atoms with Crippen molar-refractivity contribution < 1.29 is 23.9 Å². The highest BCUT2D eigenvalue weighted by molar-refractivity contribution is 6.21. The molecule has 1 aromatic carbocycles. The lowest BCUT2D eigenvalue weighted by Crippen LogP contribution is -2.54. The molecule has 0 radical (unpaired) electrons. The van der Waals surface area contributed by atoms with E-state index in [0.717, 1.165) is 12.8 Å². The number of rotatable bonds is 8. The van der Waals surface area contributed by atoms with Gasteiger partial charge in [0.1, 0.15) is 11.9 Å². The summed E-state index contributed by atoms with van der Waals surface area (Å²) in [5, 5.41) is 15.6. The van der Waals surface area contributed by atoms with E-state index >= 15 is 0 Å². The molecule has 0 spiro atoms. The number of fused-ring (bicyclic) bond motifs is 1. The fourth-order valence-electron chi connectivity index (χ4n) is 4.65. The van der Waals surface area contributed by atoms with Crippen LogP contribution >= 0.6 is 0 Å². The molecule has 0 aromatic heterocycles. The highest BCUT2D eigenvalue weighted by Gasteiger charge is 2.44. The number of hydrogen-bond acceptors (Lipinski definition) is 5. The Labute approximate surface area is 211 Å². The molecule has 9 heteroatoms. The van der Waals surface area contributed by atoms with Crippen LogP contribution in [0.15, 0.2) is 47.5 Å². The third-order valence-electron chi connectivity index (χ3n) is 6.88. The van der Waals surface area contributed by atoms with Gasteiger partial charge in [-0.25, -0.2) is 9.38 Å². The van der Waals surface area contributed by atoms with Gasteiger partial charge in [0.05, 0.1) is 16.8 Å². The summed E-state index contributed by atoms with van der Waals surface area (Å²) in [5.41, 5.74) is 0.702. The predicted octanol–water partition coefficient (Wildman–Crippen LogP) is 2.86. The number of aliphatic hydroxyl groups excluding tert-OH is 1. The maximum absolute atomic E-state index is 14.2. The number of benzene rings is 1. The maximum atomic E-state index is 14.2. The van der Waals surface area contributed by atoms with E-state index in [2.05, 4.69) is 22.2 Å². The Morgan fingerprint density at radius 1 is 1.33 bits per heavy atom. The number of carbonyl (C=O) groups excluding carboxylic acids is 3. The number of likely N-dealkylation sites (N-methyl/N-ethyl adjacent to an activating group) is 1. The first-order valence-corrected chi connectivity index (χ1v) is 12.2. The highest BCUT2D eigenvalue weighted by Crippen LogP contribution is 2.38. The topological polar surface area (TPSA) is 111 Å². The second kappa shape index (κ2) is 11.2. The molecule has 0 bridgehead atoms. The van der Waals surface area contributed by atoms with Crippen molar-refractivity contribution in [1.82, 2.24) is 10.6 Å². The molecule has 2 unspecified atom stereocenters. The molecule has 1 fully saturated rings. The van der Waals surface area contributed by atoms with Crippen molar-refractivity contribution in [2.24, 2.45) is 16.3 Å². The van der Waals surface area contributed by atoms with Crippen LogP contribution in [0, 0.1) is 17.2 Å². The molecule has 1 aliphatic carbocycles. The van der Waals surface area contributed by atoms with Crippen molar-refractivity contribution in [3.63, 3.8) is 0 Å². The Hall–Kier alpha value is -3.33. The van der Waals surface area contributed by atoms with Crippen LogP contribution in [0.3, 0.4) is 0 Å². The fraction of sp³-hybridized carbons (Fsp3) is 0.481. The Morgan fingerprint density at radius 3 is 2.61 bits per heavy atom. The number of benzodiazepines with no additional fused rings is 1. The van der Waals surface area contributed by atoms with Gasteiger partial charge in [-0.05, 0) is 49.5 Å². The lowest BCUT2D eigenvalue weighted by atomic mass is 9.84. The molecule has 3 N–H and O–H groups in total. The Balaban J connectivity index is 1.92. The summed E-state index contributed by atoms with van der Waals surface area (Å²) >= 11 is 0. The molecule has 2 aliphatic rings. The molecule has 194 valence electrons. The van der Waals surface area contributed by atoms with Gasteiger partial charge in [-0.2, -0.15) is 0 Å². The normalized spacial score (nSPS) is 20.1. The van der Waals surface area contributed by atoms with Crippen LogP contribution in [0.1, 0.15) is 52.0 Å². The first-order chi connectivity index (χ1) is 17.0. The predicted molar refractivity (Wildman–Crippen MR) is 137 cm³/mol. The van der Waals surface area contributed by atoms with Gasteiger partial charge in [0, 0.05) is 19.2 Å². The van der Waals surface area contributed by atoms with E-state index in [0.29, 0.717) is 35.4 Å². The summed E-state index contributed by atoms with van der Waals surface area (Å²) in [6, 6.07) is 4.06. The number of aliphatic hydroxyl groups is 1. The van der Waals surface area contributed by atoms with Gasteiger partial charge in [-0.1, -0.05) is 45.4 Å². The molecule has 3 amide bonds. The van der Waals surface area contributed by atoms with Gasteiger partial charge in [-0.3, -0.25) is 14.4 Å². The van der Waals surface area contributed by atoms with Gasteiger partial charge in [0.15, 0.2) is 0 Å². The summed E-state index contributed by atoms with van der Waals surface area (Å²) < 4.78 is 14.2. The van der Waals surface area contributed by atoms with E-state index in [9.17, 15) is 23.9 Å². The molecule has 1 saturated carbocycles. The minimum Gasteiger partial charge on any atom is -0.383 e. The summed E-state index contributed by atoms with van der Waals surface area (Å²) in [7, 11) is 1.55. The zero-order valence-corrected chi connectivity index (χ0v) is 21.3. The minimum atomic E-state index is -1.26. The van der Waals surface area contributed by atoms with Crippen LogP contribution in [0.2, 0.25) is 0 Å². The van der Waals surface area contributed by atoms with Crippen LogP contribution in [-0.2, 0) is 14.4 Å². The molecular weight excluding hydrogens is 463 g/mol. The lowest BCUT2D eigenvalue weighted by Gasteiger charge is -2.30. The first kappa shape index (κ1) is 27.3. The second-order valence-corrected chi connectivity index (χ2v) is 9.83. The lowest BCUT2D eigenvalue weighted by molar-refractivity contribution is -0.136. The molecule has 1 aromatic rings. The smallest absolute Gasteiger partial charge is 0.272 e. The molecule has 1 aliphatic heterocycles. The van der Waals surface area contributed by atoms with Crippen molar-refractivity contribution >= 4 is 29.1 Å². The van der Waals surface area contributed by atoms with Crippen molar-refractivity contribution in [3.05, 3.63) is 53.9 Å². The average molecular weight is 499 g/mol. The molecular formula is C27H35FN4O4. The summed E-state index contributed by atoms with van der Waals surface area (Å²) in [5.74, 6) is -2.16. The van der Waals surface area contributed by atoms with E-state index < -0.39 is 41.2 Å². The van der Waals surface area contributed by atoms with Gasteiger partial charge < -0.3 is 20.6 Å². The molecule has 1 heterocycles. The Bertz CT molecular complexity index is 1100. The maximum Gasteiger partial charge on any atom is 0.272 e. The SMILES string of the molecule is C=C(/C=C\C)C1=NC(NC(=O)C2(CNC(=O)C(O)C(C)C)CCCC2)C(=O)N(C)c2ccc(F)cc21. The average Bonchev–Trinajstić information content (AvgIpc) is 3.30. The summed E-state index contributed by atoms with van der Waals surface area (Å²) in [6.45, 7) is 9.34.